The number of hydrogen-bond acceptors (Lipinski definition) is 4. The molecule has 14 heavy (non-hydrogen) atoms. The van der Waals surface area contributed by atoms with Crippen LogP contribution >= 0.6 is 11.6 Å². The zero-order valence-corrected chi connectivity index (χ0v) is 7.68. The van der Waals surface area contributed by atoms with E-state index in [1.165, 1.54) is 23.1 Å². The van der Waals surface area contributed by atoms with Crippen molar-refractivity contribution in [3.05, 3.63) is 35.4 Å². The van der Waals surface area contributed by atoms with Crippen molar-refractivity contribution in [2.75, 3.05) is 0 Å². The van der Waals surface area contributed by atoms with Crippen molar-refractivity contribution in [2.45, 2.75) is 0 Å². The summed E-state index contributed by atoms with van der Waals surface area (Å²) in [7, 11) is 0. The molecule has 2 aromatic heterocycles. The van der Waals surface area contributed by atoms with Gasteiger partial charge in [-0.3, -0.25) is 0 Å². The summed E-state index contributed by atoms with van der Waals surface area (Å²) < 4.78 is 1.41. The van der Waals surface area contributed by atoms with Gasteiger partial charge in [-0.05, 0) is 6.07 Å². The highest BCUT2D eigenvalue weighted by Gasteiger charge is 2.02. The van der Waals surface area contributed by atoms with Crippen LogP contribution in [0.3, 0.4) is 0 Å². The molecule has 0 saturated heterocycles. The number of rotatable bonds is 1. The minimum atomic E-state index is 0.293. The van der Waals surface area contributed by atoms with Gasteiger partial charge in [-0.15, -0.1) is 0 Å². The molecule has 68 valence electrons. The number of nitrogens with zero attached hydrogens (tertiary/aromatic N) is 5. The highest BCUT2D eigenvalue weighted by molar-refractivity contribution is 6.30. The standard InChI is InChI=1S/C8H4ClN5/c9-6-4-12-14(5-6)8-11-2-1-7(3-10)13-8/h1-2,4-5H. The molecule has 0 fully saturated rings. The third-order valence-electron chi connectivity index (χ3n) is 1.51. The lowest BCUT2D eigenvalue weighted by atomic mass is 10.4. The van der Waals surface area contributed by atoms with Crippen LogP contribution in [-0.4, -0.2) is 19.7 Å². The van der Waals surface area contributed by atoms with Gasteiger partial charge in [0.05, 0.1) is 17.4 Å². The summed E-state index contributed by atoms with van der Waals surface area (Å²) in [5, 5.41) is 13.0. The molecular formula is C8H4ClN5. The molecule has 2 heterocycles. The first-order chi connectivity index (χ1) is 6.79. The van der Waals surface area contributed by atoms with Crippen molar-refractivity contribution < 1.29 is 0 Å². The van der Waals surface area contributed by atoms with E-state index in [9.17, 15) is 0 Å². The van der Waals surface area contributed by atoms with E-state index in [1.807, 2.05) is 6.07 Å². The van der Waals surface area contributed by atoms with Crippen LogP contribution in [0.5, 0.6) is 0 Å². The Bertz CT molecular complexity index is 498. The molecule has 0 amide bonds. The maximum atomic E-state index is 8.62. The number of halogens is 1. The predicted molar refractivity (Wildman–Crippen MR) is 48.9 cm³/mol. The summed E-state index contributed by atoms with van der Waals surface area (Å²) in [6.07, 6.45) is 4.54. The molecule has 0 aliphatic heterocycles. The predicted octanol–water partition coefficient (Wildman–Crippen LogP) is 1.19. The molecule has 0 unspecified atom stereocenters. The van der Waals surface area contributed by atoms with Crippen LogP contribution in [0.1, 0.15) is 5.69 Å². The lowest BCUT2D eigenvalue weighted by molar-refractivity contribution is 0.805. The molecule has 5 nitrogen and oxygen atoms in total. The second-order valence-electron chi connectivity index (χ2n) is 2.46. The van der Waals surface area contributed by atoms with E-state index >= 15 is 0 Å². The highest BCUT2D eigenvalue weighted by atomic mass is 35.5. The van der Waals surface area contributed by atoms with Gasteiger partial charge >= 0.3 is 0 Å². The first-order valence-electron chi connectivity index (χ1n) is 3.73. The van der Waals surface area contributed by atoms with Crippen LogP contribution in [0.4, 0.5) is 0 Å². The lowest BCUT2D eigenvalue weighted by Crippen LogP contribution is -2.01. The number of aromatic nitrogens is 4. The van der Waals surface area contributed by atoms with Crippen LogP contribution in [0.2, 0.25) is 5.02 Å². The van der Waals surface area contributed by atoms with Crippen molar-refractivity contribution in [3.63, 3.8) is 0 Å². The van der Waals surface area contributed by atoms with Gasteiger partial charge in [0.2, 0.25) is 0 Å². The Morgan fingerprint density at radius 2 is 2.36 bits per heavy atom. The Morgan fingerprint density at radius 3 is 3.00 bits per heavy atom. The van der Waals surface area contributed by atoms with E-state index in [4.69, 9.17) is 16.9 Å². The van der Waals surface area contributed by atoms with E-state index in [0.717, 1.165) is 0 Å². The van der Waals surface area contributed by atoms with Gasteiger partial charge in [-0.25, -0.2) is 14.6 Å². The van der Waals surface area contributed by atoms with Crippen molar-refractivity contribution in [2.24, 2.45) is 0 Å². The summed E-state index contributed by atoms with van der Waals surface area (Å²) in [5.74, 6) is 0.330. The minimum absolute atomic E-state index is 0.293. The van der Waals surface area contributed by atoms with Crippen molar-refractivity contribution in [1.29, 1.82) is 5.26 Å². The molecule has 0 aromatic carbocycles. The maximum absolute atomic E-state index is 8.62. The quantitative estimate of drug-likeness (QED) is 0.701. The fourth-order valence-corrected chi connectivity index (χ4v) is 1.07. The smallest absolute Gasteiger partial charge is 0.220 e. The lowest BCUT2D eigenvalue weighted by Gasteiger charge is -1.97. The van der Waals surface area contributed by atoms with Gasteiger partial charge in [0.1, 0.15) is 11.8 Å². The van der Waals surface area contributed by atoms with Crippen molar-refractivity contribution in [1.82, 2.24) is 19.7 Å². The van der Waals surface area contributed by atoms with Gasteiger partial charge in [-0.1, -0.05) is 11.6 Å². The Morgan fingerprint density at radius 1 is 1.50 bits per heavy atom. The Kier molecular flexibility index (Phi) is 2.13. The van der Waals surface area contributed by atoms with E-state index in [2.05, 4.69) is 15.1 Å². The van der Waals surface area contributed by atoms with E-state index in [1.54, 1.807) is 6.20 Å². The Balaban J connectivity index is 2.47. The molecular weight excluding hydrogens is 202 g/mol. The topological polar surface area (TPSA) is 67.4 Å². The van der Waals surface area contributed by atoms with Gasteiger partial charge in [-0.2, -0.15) is 10.4 Å². The fraction of sp³-hybridized carbons (Fsp3) is 0. The van der Waals surface area contributed by atoms with Crippen LogP contribution in [0, 0.1) is 11.3 Å². The summed E-state index contributed by atoms with van der Waals surface area (Å²) in [6.45, 7) is 0. The molecule has 0 N–H and O–H groups in total. The average Bonchev–Trinajstić information content (AvgIpc) is 2.65. The number of nitriles is 1. The summed E-state index contributed by atoms with van der Waals surface area (Å²) in [5.41, 5.74) is 0.293. The van der Waals surface area contributed by atoms with Gasteiger partial charge in [0.15, 0.2) is 0 Å². The molecule has 0 aliphatic rings. The van der Waals surface area contributed by atoms with Gasteiger partial charge in [0.25, 0.3) is 5.95 Å². The third-order valence-corrected chi connectivity index (χ3v) is 1.71. The molecule has 0 aliphatic carbocycles. The second kappa shape index (κ2) is 3.44. The maximum Gasteiger partial charge on any atom is 0.251 e. The third kappa shape index (κ3) is 1.56. The molecule has 2 aromatic rings. The van der Waals surface area contributed by atoms with E-state index in [0.29, 0.717) is 16.7 Å². The molecule has 6 heteroatoms. The number of hydrogen-bond donors (Lipinski definition) is 0. The molecule has 0 spiro atoms. The summed E-state index contributed by atoms with van der Waals surface area (Å²) in [4.78, 5) is 7.89. The molecule has 0 radical (unpaired) electrons. The Labute approximate surface area is 84.6 Å². The molecule has 0 bridgehead atoms. The zero-order chi connectivity index (χ0) is 9.97. The van der Waals surface area contributed by atoms with Crippen molar-refractivity contribution >= 4 is 11.6 Å². The molecule has 0 saturated carbocycles. The Hall–Kier alpha value is -1.93. The SMILES string of the molecule is N#Cc1ccnc(-n2cc(Cl)cn2)n1. The second-order valence-corrected chi connectivity index (χ2v) is 2.89. The van der Waals surface area contributed by atoms with Gasteiger partial charge in [0, 0.05) is 6.20 Å². The summed E-state index contributed by atoms with van der Waals surface area (Å²) in [6, 6.07) is 3.44. The van der Waals surface area contributed by atoms with Crippen LogP contribution < -0.4 is 0 Å². The van der Waals surface area contributed by atoms with E-state index < -0.39 is 0 Å². The highest BCUT2D eigenvalue weighted by Crippen LogP contribution is 2.07. The monoisotopic (exact) mass is 205 g/mol. The zero-order valence-electron chi connectivity index (χ0n) is 6.92. The normalized spacial score (nSPS) is 9.71. The average molecular weight is 206 g/mol. The van der Waals surface area contributed by atoms with Gasteiger partial charge < -0.3 is 0 Å². The first-order valence-corrected chi connectivity index (χ1v) is 4.11. The minimum Gasteiger partial charge on any atom is -0.220 e. The van der Waals surface area contributed by atoms with Crippen LogP contribution in [-0.2, 0) is 0 Å². The fourth-order valence-electron chi connectivity index (χ4n) is 0.931. The first kappa shape index (κ1) is 8.66. The van der Waals surface area contributed by atoms with Crippen molar-refractivity contribution in [3.8, 4) is 12.0 Å². The summed E-state index contributed by atoms with van der Waals surface area (Å²) >= 11 is 5.68. The van der Waals surface area contributed by atoms with Crippen LogP contribution in [0.25, 0.3) is 5.95 Å². The van der Waals surface area contributed by atoms with E-state index in [-0.39, 0.29) is 0 Å². The van der Waals surface area contributed by atoms with Crippen LogP contribution in [0.15, 0.2) is 24.7 Å². The molecule has 0 atom stereocenters. The molecule has 2 rings (SSSR count). The largest absolute Gasteiger partial charge is 0.251 e.